The molecule has 2 atom stereocenters. The van der Waals surface area contributed by atoms with Crippen molar-refractivity contribution < 1.29 is 38.4 Å². The summed E-state index contributed by atoms with van der Waals surface area (Å²) in [4.78, 5) is 36.5. The molecule has 0 saturated carbocycles. The molecule has 0 heterocycles. The van der Waals surface area contributed by atoms with Crippen molar-refractivity contribution in [3.8, 4) is 0 Å². The number of hydrogen-bond acceptors (Lipinski definition) is 7. The van der Waals surface area contributed by atoms with Gasteiger partial charge in [-0.15, -0.1) is 0 Å². The lowest BCUT2D eigenvalue weighted by molar-refractivity contribution is -0.163. The Balaban J connectivity index is 4.57. The Kier molecular flexibility index (Phi) is 18.7. The maximum atomic E-state index is 12.3. The molecule has 8 nitrogen and oxygen atoms in total. The minimum atomic E-state index is -1.63. The quantitative estimate of drug-likeness (QED) is 0.133. The van der Waals surface area contributed by atoms with E-state index in [9.17, 15) is 19.5 Å². The number of carbonyl (C=O) groups excluding carboxylic acids is 2. The third kappa shape index (κ3) is 15.0. The maximum absolute atomic E-state index is 12.3. The van der Waals surface area contributed by atoms with Crippen molar-refractivity contribution in [1.29, 1.82) is 0 Å². The van der Waals surface area contributed by atoms with Crippen molar-refractivity contribution in [2.24, 2.45) is 17.3 Å². The molecule has 2 unspecified atom stereocenters. The van der Waals surface area contributed by atoms with Crippen molar-refractivity contribution in [2.75, 3.05) is 39.6 Å². The molecule has 8 heteroatoms. The Morgan fingerprint density at radius 2 is 1.14 bits per heavy atom. The first kappa shape index (κ1) is 34.8. The van der Waals surface area contributed by atoms with Crippen molar-refractivity contribution in [3.05, 3.63) is 24.3 Å². The molecule has 0 bridgehead atoms. The fourth-order valence-corrected chi connectivity index (χ4v) is 3.43. The smallest absolute Gasteiger partial charge is 0.335 e. The first-order chi connectivity index (χ1) is 17.5. The van der Waals surface area contributed by atoms with Gasteiger partial charge in [0.15, 0.2) is 0 Å². The van der Waals surface area contributed by atoms with Crippen molar-refractivity contribution in [2.45, 2.75) is 86.0 Å². The van der Waals surface area contributed by atoms with Crippen LogP contribution in [0.1, 0.15) is 86.0 Å². The van der Waals surface area contributed by atoms with Crippen molar-refractivity contribution >= 4 is 17.9 Å². The summed E-state index contributed by atoms with van der Waals surface area (Å²) in [6, 6.07) is 0. The van der Waals surface area contributed by atoms with Crippen LogP contribution in [0, 0.1) is 17.3 Å². The lowest BCUT2D eigenvalue weighted by atomic mass is 9.93. The Labute approximate surface area is 223 Å². The van der Waals surface area contributed by atoms with Crippen LogP contribution in [-0.4, -0.2) is 62.7 Å². The number of hydrogen-bond donors (Lipinski definition) is 1. The monoisotopic (exact) mass is 526 g/mol. The lowest BCUT2D eigenvalue weighted by Crippen LogP contribution is -2.39. The molecule has 0 spiro atoms. The van der Waals surface area contributed by atoms with Gasteiger partial charge < -0.3 is 24.1 Å². The number of aliphatic carboxylic acids is 1. The standard InChI is InChI=1S/C29H50O8/c1-8-12-14-24(10-3)18-34-16-22(5)26(30)36-20-29(7,28(32)33)21-37-27(31)23(6)17-35-19-25(11-4)15-13-9-2/h24-25H,5-6,8-21H2,1-4,7H3,(H,32,33). The molecule has 214 valence electrons. The first-order valence-corrected chi connectivity index (χ1v) is 13.6. The Hall–Kier alpha value is -2.19. The SMILES string of the molecule is C=C(COCC(CC)CCCC)C(=O)OCC(C)(COC(=O)C(=C)COCC(CC)CCCC)C(=O)O. The number of ether oxygens (including phenoxy) is 4. The summed E-state index contributed by atoms with van der Waals surface area (Å²) in [5.74, 6) is -1.91. The second-order valence-corrected chi connectivity index (χ2v) is 10.1. The van der Waals surface area contributed by atoms with Gasteiger partial charge in [0, 0.05) is 13.2 Å². The van der Waals surface area contributed by atoms with E-state index in [-0.39, 0.29) is 24.4 Å². The highest BCUT2D eigenvalue weighted by Gasteiger charge is 2.37. The number of carboxylic acid groups (broad SMARTS) is 1. The second-order valence-electron chi connectivity index (χ2n) is 10.1. The van der Waals surface area contributed by atoms with Crippen LogP contribution >= 0.6 is 0 Å². The molecule has 0 aromatic carbocycles. The van der Waals surface area contributed by atoms with E-state index in [2.05, 4.69) is 40.9 Å². The largest absolute Gasteiger partial charge is 0.481 e. The molecule has 0 saturated heterocycles. The van der Waals surface area contributed by atoms with E-state index in [4.69, 9.17) is 18.9 Å². The fraction of sp³-hybridized carbons (Fsp3) is 0.759. The van der Waals surface area contributed by atoms with E-state index in [1.54, 1.807) is 0 Å². The number of unbranched alkanes of at least 4 members (excludes halogenated alkanes) is 2. The molecule has 0 aliphatic heterocycles. The zero-order valence-electron chi connectivity index (χ0n) is 23.8. The van der Waals surface area contributed by atoms with E-state index < -0.39 is 36.5 Å². The zero-order valence-corrected chi connectivity index (χ0v) is 23.8. The minimum absolute atomic E-state index is 0.0113. The Morgan fingerprint density at radius 3 is 1.43 bits per heavy atom. The van der Waals surface area contributed by atoms with Gasteiger partial charge in [-0.2, -0.15) is 0 Å². The molecule has 0 fully saturated rings. The van der Waals surface area contributed by atoms with Gasteiger partial charge in [0.2, 0.25) is 0 Å². The van der Waals surface area contributed by atoms with E-state index in [1.165, 1.54) is 6.92 Å². The molecule has 0 aromatic rings. The number of carboxylic acids is 1. The summed E-state index contributed by atoms with van der Waals surface area (Å²) in [7, 11) is 0. The molecular weight excluding hydrogens is 476 g/mol. The van der Waals surface area contributed by atoms with Crippen molar-refractivity contribution in [1.82, 2.24) is 0 Å². The minimum Gasteiger partial charge on any atom is -0.481 e. The van der Waals surface area contributed by atoms with Crippen LogP contribution in [0.4, 0.5) is 0 Å². The summed E-state index contributed by atoms with van der Waals surface area (Å²) >= 11 is 0. The predicted octanol–water partition coefficient (Wildman–Crippen LogP) is 5.74. The fourth-order valence-electron chi connectivity index (χ4n) is 3.43. The van der Waals surface area contributed by atoms with E-state index in [1.807, 2.05) is 0 Å². The molecule has 0 rings (SSSR count). The molecule has 0 aromatic heterocycles. The topological polar surface area (TPSA) is 108 Å². The average molecular weight is 527 g/mol. The molecule has 37 heavy (non-hydrogen) atoms. The number of rotatable bonds is 23. The molecular formula is C29H50O8. The highest BCUT2D eigenvalue weighted by Crippen LogP contribution is 2.20. The zero-order chi connectivity index (χ0) is 28.3. The van der Waals surface area contributed by atoms with E-state index in [0.717, 1.165) is 51.4 Å². The average Bonchev–Trinajstić information content (AvgIpc) is 2.89. The van der Waals surface area contributed by atoms with Gasteiger partial charge in [-0.05, 0) is 31.6 Å². The Bertz CT molecular complexity index is 665. The lowest BCUT2D eigenvalue weighted by Gasteiger charge is -2.24. The molecule has 0 radical (unpaired) electrons. The van der Waals surface area contributed by atoms with Gasteiger partial charge in [0.1, 0.15) is 18.6 Å². The van der Waals surface area contributed by atoms with Gasteiger partial charge in [0.05, 0.1) is 24.4 Å². The van der Waals surface area contributed by atoms with Crippen molar-refractivity contribution in [3.63, 3.8) is 0 Å². The molecule has 1 N–H and O–H groups in total. The Morgan fingerprint density at radius 1 is 0.757 bits per heavy atom. The van der Waals surface area contributed by atoms with E-state index >= 15 is 0 Å². The first-order valence-electron chi connectivity index (χ1n) is 13.6. The van der Waals surface area contributed by atoms with E-state index in [0.29, 0.717) is 25.0 Å². The molecule has 0 amide bonds. The van der Waals surface area contributed by atoms with Crippen LogP contribution in [0.5, 0.6) is 0 Å². The third-order valence-corrected chi connectivity index (χ3v) is 6.48. The summed E-state index contributed by atoms with van der Waals surface area (Å²) in [6.07, 6.45) is 8.60. The van der Waals surface area contributed by atoms with Crippen LogP contribution in [0.2, 0.25) is 0 Å². The summed E-state index contributed by atoms with van der Waals surface area (Å²) in [6.45, 7) is 17.3. The second kappa shape index (κ2) is 19.9. The molecule has 0 aliphatic carbocycles. The van der Waals surface area contributed by atoms with Crippen LogP contribution in [0.25, 0.3) is 0 Å². The summed E-state index contributed by atoms with van der Waals surface area (Å²) < 4.78 is 21.6. The van der Waals surface area contributed by atoms with Gasteiger partial charge in [-0.1, -0.05) is 79.4 Å². The van der Waals surface area contributed by atoms with Crippen LogP contribution < -0.4 is 0 Å². The van der Waals surface area contributed by atoms with Gasteiger partial charge in [0.25, 0.3) is 0 Å². The predicted molar refractivity (Wildman–Crippen MR) is 144 cm³/mol. The normalized spacial score (nSPS) is 14.3. The van der Waals surface area contributed by atoms with Gasteiger partial charge in [-0.25, -0.2) is 9.59 Å². The van der Waals surface area contributed by atoms with Gasteiger partial charge >= 0.3 is 17.9 Å². The highest BCUT2D eigenvalue weighted by molar-refractivity contribution is 5.89. The van der Waals surface area contributed by atoms with Crippen LogP contribution in [0.3, 0.4) is 0 Å². The van der Waals surface area contributed by atoms with Gasteiger partial charge in [-0.3, -0.25) is 4.79 Å². The maximum Gasteiger partial charge on any atom is 0.335 e. The number of esters is 2. The van der Waals surface area contributed by atoms with Crippen LogP contribution in [0.15, 0.2) is 24.3 Å². The summed E-state index contributed by atoms with van der Waals surface area (Å²) in [5.41, 5.74) is -1.43. The third-order valence-electron chi connectivity index (χ3n) is 6.48. The molecule has 0 aliphatic rings. The summed E-state index contributed by atoms with van der Waals surface area (Å²) in [5, 5.41) is 9.66. The highest BCUT2D eigenvalue weighted by atomic mass is 16.6. The number of carbonyl (C=O) groups is 3. The van der Waals surface area contributed by atoms with Crippen LogP contribution in [-0.2, 0) is 33.3 Å².